The summed E-state index contributed by atoms with van der Waals surface area (Å²) in [6, 6.07) is 0.0211. The average molecular weight is 278 g/mol. The molecule has 1 aliphatic heterocycles. The molecule has 0 aromatic rings. The summed E-state index contributed by atoms with van der Waals surface area (Å²) in [5.74, 6) is 1.03. The van der Waals surface area contributed by atoms with Crippen LogP contribution in [0.2, 0.25) is 0 Å². The van der Waals surface area contributed by atoms with E-state index in [0.29, 0.717) is 23.4 Å². The molecule has 2 saturated carbocycles. The van der Waals surface area contributed by atoms with Crippen LogP contribution in [-0.4, -0.2) is 29.6 Å². The third-order valence-electron chi connectivity index (χ3n) is 5.87. The molecule has 20 heavy (non-hydrogen) atoms. The van der Waals surface area contributed by atoms with Crippen LogP contribution < -0.4 is 5.32 Å². The molecule has 3 fully saturated rings. The Balaban J connectivity index is 1.72. The van der Waals surface area contributed by atoms with E-state index in [4.69, 9.17) is 0 Å². The lowest BCUT2D eigenvalue weighted by Crippen LogP contribution is -2.47. The minimum Gasteiger partial charge on any atom is -0.325 e. The van der Waals surface area contributed by atoms with E-state index >= 15 is 0 Å². The van der Waals surface area contributed by atoms with Crippen molar-refractivity contribution in [3.63, 3.8) is 0 Å². The summed E-state index contributed by atoms with van der Waals surface area (Å²) in [6.07, 6.45) is 12.3. The molecule has 1 saturated heterocycles. The zero-order chi connectivity index (χ0) is 14.2. The van der Waals surface area contributed by atoms with Gasteiger partial charge in [0.2, 0.25) is 5.91 Å². The maximum Gasteiger partial charge on any atom is 0.240 e. The van der Waals surface area contributed by atoms with Gasteiger partial charge in [-0.2, -0.15) is 0 Å². The fourth-order valence-electron chi connectivity index (χ4n) is 4.62. The largest absolute Gasteiger partial charge is 0.325 e. The minimum absolute atomic E-state index is 0.0211. The maximum absolute atomic E-state index is 12.6. The summed E-state index contributed by atoms with van der Waals surface area (Å²) >= 11 is 0. The SMILES string of the molecule is CC1NC(C2CCCC2)N(CC2(C)CCCCC2)C1=O. The number of rotatable bonds is 3. The van der Waals surface area contributed by atoms with Crippen LogP contribution in [0.5, 0.6) is 0 Å². The summed E-state index contributed by atoms with van der Waals surface area (Å²) in [6.45, 7) is 5.41. The number of hydrogen-bond donors (Lipinski definition) is 1. The summed E-state index contributed by atoms with van der Waals surface area (Å²) in [7, 11) is 0. The summed E-state index contributed by atoms with van der Waals surface area (Å²) < 4.78 is 0. The normalized spacial score (nSPS) is 34.9. The van der Waals surface area contributed by atoms with Gasteiger partial charge in [-0.15, -0.1) is 0 Å². The molecular weight excluding hydrogens is 248 g/mol. The molecule has 3 aliphatic rings. The summed E-state index contributed by atoms with van der Waals surface area (Å²) in [5.41, 5.74) is 0.358. The molecule has 114 valence electrons. The molecule has 0 aromatic carbocycles. The predicted molar refractivity (Wildman–Crippen MR) is 81.2 cm³/mol. The van der Waals surface area contributed by atoms with Crippen molar-refractivity contribution in [1.29, 1.82) is 0 Å². The van der Waals surface area contributed by atoms with Crippen LogP contribution in [-0.2, 0) is 4.79 Å². The van der Waals surface area contributed by atoms with Crippen LogP contribution >= 0.6 is 0 Å². The zero-order valence-corrected chi connectivity index (χ0v) is 13.2. The number of carbonyl (C=O) groups excluding carboxylic acids is 1. The second-order valence-corrected chi connectivity index (χ2v) is 7.72. The van der Waals surface area contributed by atoms with Crippen LogP contribution in [0.3, 0.4) is 0 Å². The lowest BCUT2D eigenvalue weighted by Gasteiger charge is -2.40. The van der Waals surface area contributed by atoms with Gasteiger partial charge in [0.15, 0.2) is 0 Å². The molecule has 3 heteroatoms. The average Bonchev–Trinajstić information content (AvgIpc) is 3.03. The van der Waals surface area contributed by atoms with Crippen LogP contribution in [0.25, 0.3) is 0 Å². The molecule has 0 bridgehead atoms. The third-order valence-corrected chi connectivity index (χ3v) is 5.87. The number of carbonyl (C=O) groups is 1. The van der Waals surface area contributed by atoms with E-state index in [1.165, 1.54) is 57.8 Å². The van der Waals surface area contributed by atoms with E-state index in [9.17, 15) is 4.79 Å². The van der Waals surface area contributed by atoms with Gasteiger partial charge in [-0.25, -0.2) is 0 Å². The van der Waals surface area contributed by atoms with E-state index in [1.807, 2.05) is 6.92 Å². The highest BCUT2D eigenvalue weighted by atomic mass is 16.2. The van der Waals surface area contributed by atoms with Crippen molar-refractivity contribution in [3.05, 3.63) is 0 Å². The van der Waals surface area contributed by atoms with Crippen LogP contribution in [0.1, 0.15) is 71.6 Å². The van der Waals surface area contributed by atoms with Crippen molar-refractivity contribution >= 4 is 5.91 Å². The Hall–Kier alpha value is -0.570. The van der Waals surface area contributed by atoms with E-state index in [1.54, 1.807) is 0 Å². The smallest absolute Gasteiger partial charge is 0.240 e. The topological polar surface area (TPSA) is 32.3 Å². The van der Waals surface area contributed by atoms with E-state index in [2.05, 4.69) is 17.1 Å². The Labute approximate surface area is 123 Å². The number of hydrogen-bond acceptors (Lipinski definition) is 2. The standard InChI is InChI=1S/C17H30N2O/c1-13-16(20)19(12-17(2)10-6-3-7-11-17)15(18-13)14-8-4-5-9-14/h13-15,18H,3-12H2,1-2H3. The van der Waals surface area contributed by atoms with Gasteiger partial charge in [-0.1, -0.05) is 39.0 Å². The fraction of sp³-hybridized carbons (Fsp3) is 0.941. The molecule has 2 atom stereocenters. The van der Waals surface area contributed by atoms with Gasteiger partial charge in [0.1, 0.15) is 0 Å². The molecule has 2 unspecified atom stereocenters. The van der Waals surface area contributed by atoms with Crippen LogP contribution in [0.15, 0.2) is 0 Å². The lowest BCUT2D eigenvalue weighted by molar-refractivity contribution is -0.132. The second kappa shape index (κ2) is 5.67. The maximum atomic E-state index is 12.6. The molecule has 0 radical (unpaired) electrons. The van der Waals surface area contributed by atoms with E-state index in [0.717, 1.165) is 6.54 Å². The lowest BCUT2D eigenvalue weighted by atomic mass is 9.75. The monoisotopic (exact) mass is 278 g/mol. The van der Waals surface area contributed by atoms with Crippen molar-refractivity contribution < 1.29 is 4.79 Å². The second-order valence-electron chi connectivity index (χ2n) is 7.72. The van der Waals surface area contributed by atoms with Gasteiger partial charge in [0.25, 0.3) is 0 Å². The molecule has 1 N–H and O–H groups in total. The first-order valence-electron chi connectivity index (χ1n) is 8.66. The Morgan fingerprint density at radius 1 is 1.15 bits per heavy atom. The Kier molecular flexibility index (Phi) is 4.07. The van der Waals surface area contributed by atoms with Gasteiger partial charge in [0.05, 0.1) is 12.2 Å². The van der Waals surface area contributed by atoms with Gasteiger partial charge < -0.3 is 4.90 Å². The zero-order valence-electron chi connectivity index (χ0n) is 13.2. The summed E-state index contributed by atoms with van der Waals surface area (Å²) in [5, 5.41) is 3.58. The quantitative estimate of drug-likeness (QED) is 0.859. The fourth-order valence-corrected chi connectivity index (χ4v) is 4.62. The Bertz CT molecular complexity index is 356. The number of amides is 1. The van der Waals surface area contributed by atoms with Crippen molar-refractivity contribution in [3.8, 4) is 0 Å². The van der Waals surface area contributed by atoms with Crippen molar-refractivity contribution in [2.24, 2.45) is 11.3 Å². The first-order valence-corrected chi connectivity index (χ1v) is 8.66. The Morgan fingerprint density at radius 2 is 1.80 bits per heavy atom. The number of nitrogens with zero attached hydrogens (tertiary/aromatic N) is 1. The predicted octanol–water partition coefficient (Wildman–Crippen LogP) is 3.29. The molecule has 0 aromatic heterocycles. The minimum atomic E-state index is 0.0211. The van der Waals surface area contributed by atoms with Gasteiger partial charge in [0, 0.05) is 6.54 Å². The highest BCUT2D eigenvalue weighted by Gasteiger charge is 2.44. The third kappa shape index (κ3) is 2.74. The highest BCUT2D eigenvalue weighted by Crippen LogP contribution is 2.39. The molecule has 1 amide bonds. The van der Waals surface area contributed by atoms with Gasteiger partial charge in [-0.05, 0) is 43.9 Å². The van der Waals surface area contributed by atoms with Crippen molar-refractivity contribution in [2.75, 3.05) is 6.54 Å². The molecular formula is C17H30N2O. The first-order chi connectivity index (χ1) is 9.59. The molecule has 3 nitrogen and oxygen atoms in total. The molecule has 2 aliphatic carbocycles. The van der Waals surface area contributed by atoms with Crippen LogP contribution in [0.4, 0.5) is 0 Å². The molecule has 3 rings (SSSR count). The Morgan fingerprint density at radius 3 is 2.45 bits per heavy atom. The van der Waals surface area contributed by atoms with Crippen LogP contribution in [0, 0.1) is 11.3 Å². The molecule has 1 heterocycles. The van der Waals surface area contributed by atoms with Gasteiger partial charge >= 0.3 is 0 Å². The van der Waals surface area contributed by atoms with Crippen molar-refractivity contribution in [2.45, 2.75) is 83.8 Å². The van der Waals surface area contributed by atoms with E-state index < -0.39 is 0 Å². The number of nitrogens with one attached hydrogen (secondary N) is 1. The molecule has 0 spiro atoms. The summed E-state index contributed by atoms with van der Waals surface area (Å²) in [4.78, 5) is 14.8. The van der Waals surface area contributed by atoms with Gasteiger partial charge in [-0.3, -0.25) is 10.1 Å². The van der Waals surface area contributed by atoms with E-state index in [-0.39, 0.29) is 6.04 Å². The highest BCUT2D eigenvalue weighted by molar-refractivity contribution is 5.84. The first kappa shape index (κ1) is 14.4. The van der Waals surface area contributed by atoms with Crippen molar-refractivity contribution in [1.82, 2.24) is 10.2 Å².